The lowest BCUT2D eigenvalue weighted by atomic mass is 10.1. The van der Waals surface area contributed by atoms with Crippen molar-refractivity contribution >= 4 is 34.2 Å². The highest BCUT2D eigenvalue weighted by Gasteiger charge is 2.14. The van der Waals surface area contributed by atoms with Crippen molar-refractivity contribution in [1.82, 2.24) is 14.5 Å². The minimum atomic E-state index is -0.353. The summed E-state index contributed by atoms with van der Waals surface area (Å²) in [5.74, 6) is 0.590. The SMILES string of the molecule is COc1ccc(Cl)cc1C(=O)Nc1ccc(-n2c(C)nc3ncccc3c2=O)cc1. The van der Waals surface area contributed by atoms with Gasteiger partial charge in [0.25, 0.3) is 11.5 Å². The van der Waals surface area contributed by atoms with Crippen molar-refractivity contribution in [2.24, 2.45) is 0 Å². The first-order chi connectivity index (χ1) is 14.5. The Morgan fingerprint density at radius 3 is 2.63 bits per heavy atom. The number of amides is 1. The Kier molecular flexibility index (Phi) is 5.20. The van der Waals surface area contributed by atoms with E-state index in [4.69, 9.17) is 16.3 Å². The summed E-state index contributed by atoms with van der Waals surface area (Å²) in [5.41, 5.74) is 1.73. The van der Waals surface area contributed by atoms with Crippen LogP contribution in [0.3, 0.4) is 0 Å². The Labute approximate surface area is 176 Å². The minimum Gasteiger partial charge on any atom is -0.496 e. The van der Waals surface area contributed by atoms with Gasteiger partial charge in [0.05, 0.1) is 23.7 Å². The highest BCUT2D eigenvalue weighted by atomic mass is 35.5. The number of hydrogen-bond acceptors (Lipinski definition) is 5. The quantitative estimate of drug-likeness (QED) is 0.539. The number of nitrogens with zero attached hydrogens (tertiary/aromatic N) is 3. The fourth-order valence-electron chi connectivity index (χ4n) is 3.18. The van der Waals surface area contributed by atoms with E-state index in [1.165, 1.54) is 11.7 Å². The standard InChI is InChI=1S/C22H17ClN4O3/c1-13-25-20-17(4-3-11-24-20)22(29)27(13)16-8-6-15(7-9-16)26-21(28)18-12-14(23)5-10-19(18)30-2/h3-12H,1-2H3,(H,26,28). The average molecular weight is 421 g/mol. The smallest absolute Gasteiger partial charge is 0.267 e. The predicted octanol–water partition coefficient (Wildman–Crippen LogP) is 4.00. The lowest BCUT2D eigenvalue weighted by molar-refractivity contribution is 0.102. The number of hydrogen-bond donors (Lipinski definition) is 1. The molecule has 30 heavy (non-hydrogen) atoms. The number of halogens is 1. The van der Waals surface area contributed by atoms with E-state index in [-0.39, 0.29) is 11.5 Å². The van der Waals surface area contributed by atoms with E-state index in [1.54, 1.807) is 67.7 Å². The van der Waals surface area contributed by atoms with Crippen LogP contribution in [0, 0.1) is 6.92 Å². The summed E-state index contributed by atoms with van der Waals surface area (Å²) in [4.78, 5) is 34.1. The Balaban J connectivity index is 1.64. The van der Waals surface area contributed by atoms with Gasteiger partial charge < -0.3 is 10.1 Å². The number of carbonyl (C=O) groups excluding carboxylic acids is 1. The van der Waals surface area contributed by atoms with Crippen molar-refractivity contribution in [2.45, 2.75) is 6.92 Å². The maximum atomic E-state index is 12.9. The van der Waals surface area contributed by atoms with Gasteiger partial charge in [-0.15, -0.1) is 0 Å². The highest BCUT2D eigenvalue weighted by molar-refractivity contribution is 6.31. The van der Waals surface area contributed by atoms with E-state index in [0.29, 0.717) is 44.6 Å². The molecule has 0 spiro atoms. The third-order valence-electron chi connectivity index (χ3n) is 4.60. The lowest BCUT2D eigenvalue weighted by Crippen LogP contribution is -2.22. The molecule has 0 aliphatic carbocycles. The number of anilines is 1. The van der Waals surface area contributed by atoms with Crippen LogP contribution in [0.4, 0.5) is 5.69 Å². The van der Waals surface area contributed by atoms with Crippen LogP contribution in [0.5, 0.6) is 5.75 Å². The molecule has 0 saturated carbocycles. The topological polar surface area (TPSA) is 86.1 Å². The molecule has 2 aromatic carbocycles. The van der Waals surface area contributed by atoms with E-state index < -0.39 is 0 Å². The summed E-state index contributed by atoms with van der Waals surface area (Å²) >= 11 is 6.00. The zero-order valence-corrected chi connectivity index (χ0v) is 17.0. The molecule has 8 heteroatoms. The maximum Gasteiger partial charge on any atom is 0.267 e. The van der Waals surface area contributed by atoms with Crippen LogP contribution in [0.1, 0.15) is 16.2 Å². The number of carbonyl (C=O) groups is 1. The first-order valence-electron chi connectivity index (χ1n) is 9.07. The van der Waals surface area contributed by atoms with Crippen molar-refractivity contribution in [3.05, 3.63) is 87.6 Å². The molecule has 150 valence electrons. The van der Waals surface area contributed by atoms with Crippen LogP contribution in [-0.2, 0) is 0 Å². The second-order valence-electron chi connectivity index (χ2n) is 6.52. The number of ether oxygens (including phenoxy) is 1. The number of benzene rings is 2. The summed E-state index contributed by atoms with van der Waals surface area (Å²) in [6.07, 6.45) is 1.60. The van der Waals surface area contributed by atoms with Gasteiger partial charge in [0.2, 0.25) is 0 Å². The zero-order chi connectivity index (χ0) is 21.3. The molecule has 0 atom stereocenters. The molecule has 0 aliphatic heterocycles. The molecule has 4 rings (SSSR count). The Morgan fingerprint density at radius 2 is 1.90 bits per heavy atom. The fourth-order valence-corrected chi connectivity index (χ4v) is 3.35. The Bertz CT molecular complexity index is 1320. The Morgan fingerprint density at radius 1 is 1.13 bits per heavy atom. The molecule has 0 saturated heterocycles. The molecule has 0 bridgehead atoms. The molecular formula is C22H17ClN4O3. The van der Waals surface area contributed by atoms with Gasteiger partial charge in [-0.25, -0.2) is 9.97 Å². The number of aromatic nitrogens is 3. The van der Waals surface area contributed by atoms with Gasteiger partial charge in [-0.1, -0.05) is 11.6 Å². The molecule has 0 aliphatic rings. The second kappa shape index (κ2) is 7.96. The normalized spacial score (nSPS) is 10.8. The third-order valence-corrected chi connectivity index (χ3v) is 4.84. The van der Waals surface area contributed by atoms with E-state index in [2.05, 4.69) is 15.3 Å². The number of aryl methyl sites for hydroxylation is 1. The molecule has 2 heterocycles. The molecule has 0 unspecified atom stereocenters. The van der Waals surface area contributed by atoms with Crippen molar-refractivity contribution in [1.29, 1.82) is 0 Å². The lowest BCUT2D eigenvalue weighted by Gasteiger charge is -2.12. The number of methoxy groups -OCH3 is 1. The van der Waals surface area contributed by atoms with Gasteiger partial charge >= 0.3 is 0 Å². The zero-order valence-electron chi connectivity index (χ0n) is 16.2. The molecular weight excluding hydrogens is 404 g/mol. The summed E-state index contributed by atoms with van der Waals surface area (Å²) in [7, 11) is 1.49. The number of fused-ring (bicyclic) bond motifs is 1. The van der Waals surface area contributed by atoms with Crippen LogP contribution in [0.25, 0.3) is 16.7 Å². The molecule has 1 N–H and O–H groups in total. The number of pyridine rings is 1. The molecule has 4 aromatic rings. The van der Waals surface area contributed by atoms with E-state index in [0.717, 1.165) is 0 Å². The van der Waals surface area contributed by atoms with E-state index >= 15 is 0 Å². The fraction of sp³-hybridized carbons (Fsp3) is 0.0909. The van der Waals surface area contributed by atoms with Crippen LogP contribution < -0.4 is 15.6 Å². The van der Waals surface area contributed by atoms with Gasteiger partial charge in [-0.3, -0.25) is 14.2 Å². The second-order valence-corrected chi connectivity index (χ2v) is 6.96. The molecule has 7 nitrogen and oxygen atoms in total. The van der Waals surface area contributed by atoms with Gasteiger partial charge in [0, 0.05) is 16.9 Å². The van der Waals surface area contributed by atoms with Crippen LogP contribution in [-0.4, -0.2) is 27.6 Å². The maximum absolute atomic E-state index is 12.9. The van der Waals surface area contributed by atoms with Gasteiger partial charge in [0.15, 0.2) is 5.65 Å². The first kappa shape index (κ1) is 19.6. The summed E-state index contributed by atoms with van der Waals surface area (Å²) in [5, 5.41) is 3.68. The van der Waals surface area contributed by atoms with Gasteiger partial charge in [-0.05, 0) is 61.5 Å². The first-order valence-corrected chi connectivity index (χ1v) is 9.45. The van der Waals surface area contributed by atoms with Gasteiger partial charge in [-0.2, -0.15) is 0 Å². The summed E-state index contributed by atoms with van der Waals surface area (Å²) in [6, 6.07) is 15.1. The van der Waals surface area contributed by atoms with Crippen LogP contribution in [0.15, 0.2) is 65.6 Å². The Hall–Kier alpha value is -3.71. The van der Waals surface area contributed by atoms with Crippen molar-refractivity contribution in [3.8, 4) is 11.4 Å². The van der Waals surface area contributed by atoms with Crippen LogP contribution in [0.2, 0.25) is 5.02 Å². The molecule has 2 aromatic heterocycles. The molecule has 1 amide bonds. The van der Waals surface area contributed by atoms with E-state index in [1.807, 2.05) is 0 Å². The summed E-state index contributed by atoms with van der Waals surface area (Å²) in [6.45, 7) is 1.75. The number of rotatable bonds is 4. The van der Waals surface area contributed by atoms with Crippen LogP contribution >= 0.6 is 11.6 Å². The minimum absolute atomic E-state index is 0.203. The molecule has 0 radical (unpaired) electrons. The predicted molar refractivity (Wildman–Crippen MR) is 116 cm³/mol. The highest BCUT2D eigenvalue weighted by Crippen LogP contribution is 2.24. The molecule has 0 fully saturated rings. The van der Waals surface area contributed by atoms with Crippen molar-refractivity contribution in [2.75, 3.05) is 12.4 Å². The monoisotopic (exact) mass is 420 g/mol. The van der Waals surface area contributed by atoms with Gasteiger partial charge in [0.1, 0.15) is 11.6 Å². The van der Waals surface area contributed by atoms with Crippen molar-refractivity contribution in [3.63, 3.8) is 0 Å². The van der Waals surface area contributed by atoms with E-state index in [9.17, 15) is 9.59 Å². The summed E-state index contributed by atoms with van der Waals surface area (Å²) < 4.78 is 6.74. The number of nitrogens with one attached hydrogen (secondary N) is 1. The third kappa shape index (κ3) is 3.62. The largest absolute Gasteiger partial charge is 0.496 e. The average Bonchev–Trinajstić information content (AvgIpc) is 2.75. The van der Waals surface area contributed by atoms with Crippen molar-refractivity contribution < 1.29 is 9.53 Å².